The lowest BCUT2D eigenvalue weighted by molar-refractivity contribution is -0.120. The summed E-state index contributed by atoms with van der Waals surface area (Å²) >= 11 is 0. The molecule has 43 heavy (non-hydrogen) atoms. The zero-order chi connectivity index (χ0) is 30.9. The number of ketones is 1. The van der Waals surface area contributed by atoms with Crippen LogP contribution in [-0.4, -0.2) is 40.5 Å². The number of amides is 2. The number of primary amides is 1. The van der Waals surface area contributed by atoms with Crippen LogP contribution >= 0.6 is 0 Å². The van der Waals surface area contributed by atoms with E-state index in [9.17, 15) is 28.0 Å². The van der Waals surface area contributed by atoms with Gasteiger partial charge < -0.3 is 30.1 Å². The first kappa shape index (κ1) is 30.7. The number of Topliss-reactive ketones (excluding diaryl/α,β-unsaturated/α-hetero) is 1. The molecule has 0 aliphatic rings. The average molecular weight is 593 g/mol. The van der Waals surface area contributed by atoms with Crippen LogP contribution in [0, 0.1) is 11.6 Å². The number of hydrogen-bond donors (Lipinski definition) is 3. The van der Waals surface area contributed by atoms with Crippen molar-refractivity contribution in [2.24, 2.45) is 5.73 Å². The zero-order valence-electron chi connectivity index (χ0n) is 23.3. The van der Waals surface area contributed by atoms with Gasteiger partial charge in [-0.2, -0.15) is 0 Å². The number of aromatic nitrogens is 2. The van der Waals surface area contributed by atoms with Crippen molar-refractivity contribution in [1.29, 1.82) is 0 Å². The summed E-state index contributed by atoms with van der Waals surface area (Å²) in [6.45, 7) is 0.0473. The number of allylic oxidation sites excluding steroid dienone is 1. The van der Waals surface area contributed by atoms with Crippen molar-refractivity contribution in [2.45, 2.75) is 38.5 Å². The number of halogens is 2. The minimum absolute atomic E-state index is 0.109. The number of nitrogens with two attached hydrogens (primary N) is 1. The number of nitrogens with zero attached hydrogens (tertiary/aromatic N) is 1. The summed E-state index contributed by atoms with van der Waals surface area (Å²) in [5.41, 5.74) is 6.45. The van der Waals surface area contributed by atoms with Gasteiger partial charge in [0.25, 0.3) is 5.56 Å². The van der Waals surface area contributed by atoms with E-state index in [1.165, 1.54) is 29.9 Å². The van der Waals surface area contributed by atoms with Gasteiger partial charge in [-0.25, -0.2) is 13.6 Å². The summed E-state index contributed by atoms with van der Waals surface area (Å²) in [5.74, 6) is -1.96. The smallest absolute Gasteiger partial charge is 0.407 e. The number of rotatable bonds is 13. The number of H-pyrrole nitrogens is 1. The molecule has 0 spiro atoms. The number of ether oxygens (including phenoxy) is 2. The van der Waals surface area contributed by atoms with Crippen LogP contribution in [-0.2, 0) is 33.9 Å². The maximum absolute atomic E-state index is 14.1. The fraction of sp³-hybridized carbons (Fsp3) is 0.226. The quantitative estimate of drug-likeness (QED) is 0.201. The number of carbonyl (C=O) groups excluding carboxylic acids is 3. The summed E-state index contributed by atoms with van der Waals surface area (Å²) < 4.78 is 39.2. The largest absolute Gasteiger partial charge is 0.487 e. The van der Waals surface area contributed by atoms with Crippen molar-refractivity contribution in [3.05, 3.63) is 112 Å². The van der Waals surface area contributed by atoms with E-state index in [0.29, 0.717) is 17.0 Å². The molecule has 2 amide bonds. The third-order valence-electron chi connectivity index (χ3n) is 6.65. The number of alkyl carbamates (subject to hydrolysis) is 1. The second-order valence-corrected chi connectivity index (χ2v) is 9.72. The van der Waals surface area contributed by atoms with E-state index in [4.69, 9.17) is 10.5 Å². The van der Waals surface area contributed by atoms with E-state index < -0.39 is 35.5 Å². The number of nitrogens with one attached hydrogen (secondary N) is 2. The van der Waals surface area contributed by atoms with Crippen molar-refractivity contribution in [3.8, 4) is 5.75 Å². The lowest BCUT2D eigenvalue weighted by Crippen LogP contribution is -2.42. The lowest BCUT2D eigenvalue weighted by atomic mass is 10.0. The van der Waals surface area contributed by atoms with E-state index in [2.05, 4.69) is 15.0 Å². The number of hydrogen-bond acceptors (Lipinski definition) is 6. The molecule has 0 bridgehead atoms. The Kier molecular flexibility index (Phi) is 10.0. The van der Waals surface area contributed by atoms with Crippen LogP contribution in [0.4, 0.5) is 13.6 Å². The normalized spacial score (nSPS) is 11.9. The van der Waals surface area contributed by atoms with Crippen LogP contribution in [0.5, 0.6) is 5.75 Å². The Labute approximate surface area is 245 Å². The van der Waals surface area contributed by atoms with Gasteiger partial charge in [0, 0.05) is 40.9 Å². The Bertz CT molecular complexity index is 1730. The van der Waals surface area contributed by atoms with Gasteiger partial charge >= 0.3 is 6.09 Å². The summed E-state index contributed by atoms with van der Waals surface area (Å²) in [6, 6.07) is 12.7. The standard InChI is InChI=1S/C31H30F2N4O6/c1-42-31(41)36-25(8-2-3-10-28(34)39)26(38)15-20-7-5-13-37(30(20)40)17-23-14-19-6-4-9-27(29(19)35-23)43-18-21-11-12-22(32)16-24(21)33/h3-7,9-14,16,25,35H,2,8,15,17-18H2,1H3,(H2,34,39)(H,36,41)/b10-3+/t25-/m0/s1. The van der Waals surface area contributed by atoms with E-state index >= 15 is 0 Å². The molecule has 0 radical (unpaired) electrons. The molecule has 4 rings (SSSR count). The molecule has 0 saturated carbocycles. The van der Waals surface area contributed by atoms with E-state index in [1.807, 2.05) is 12.1 Å². The van der Waals surface area contributed by atoms with Gasteiger partial charge in [-0.15, -0.1) is 0 Å². The number of pyridine rings is 1. The predicted octanol–water partition coefficient (Wildman–Crippen LogP) is 3.89. The number of fused-ring (bicyclic) bond motifs is 1. The van der Waals surface area contributed by atoms with Crippen LogP contribution in [0.15, 0.2) is 77.7 Å². The summed E-state index contributed by atoms with van der Waals surface area (Å²) in [5, 5.41) is 3.27. The van der Waals surface area contributed by atoms with Crippen LogP contribution in [0.2, 0.25) is 0 Å². The third-order valence-corrected chi connectivity index (χ3v) is 6.65. The molecule has 0 saturated heterocycles. The molecule has 4 aromatic rings. The molecule has 10 nitrogen and oxygen atoms in total. The van der Waals surface area contributed by atoms with Gasteiger partial charge in [-0.3, -0.25) is 14.4 Å². The second kappa shape index (κ2) is 14.1. The molecule has 0 aliphatic carbocycles. The number of methoxy groups -OCH3 is 1. The average Bonchev–Trinajstić information content (AvgIpc) is 3.39. The molecule has 0 aliphatic heterocycles. The van der Waals surface area contributed by atoms with Gasteiger partial charge in [-0.05, 0) is 49.2 Å². The highest BCUT2D eigenvalue weighted by Gasteiger charge is 2.22. The molecule has 4 N–H and O–H groups in total. The molecule has 0 unspecified atom stereocenters. The predicted molar refractivity (Wildman–Crippen MR) is 154 cm³/mol. The third kappa shape index (κ3) is 8.15. The van der Waals surface area contributed by atoms with E-state index in [-0.39, 0.29) is 49.1 Å². The highest BCUT2D eigenvalue weighted by Crippen LogP contribution is 2.27. The molecule has 2 heterocycles. The van der Waals surface area contributed by atoms with E-state index in [1.54, 1.807) is 30.5 Å². The summed E-state index contributed by atoms with van der Waals surface area (Å²) in [6.07, 6.45) is 3.68. The maximum atomic E-state index is 14.1. The van der Waals surface area contributed by atoms with Gasteiger partial charge in [0.05, 0.1) is 25.2 Å². The van der Waals surface area contributed by atoms with Crippen LogP contribution in [0.1, 0.15) is 29.7 Å². The van der Waals surface area contributed by atoms with Crippen molar-refractivity contribution < 1.29 is 32.6 Å². The van der Waals surface area contributed by atoms with Gasteiger partial charge in [0.15, 0.2) is 5.78 Å². The van der Waals surface area contributed by atoms with Crippen LogP contribution < -0.4 is 21.3 Å². The molecule has 12 heteroatoms. The minimum Gasteiger partial charge on any atom is -0.487 e. The summed E-state index contributed by atoms with van der Waals surface area (Å²) in [7, 11) is 1.17. The Hall–Kier alpha value is -5.26. The van der Waals surface area contributed by atoms with Crippen LogP contribution in [0.25, 0.3) is 10.9 Å². The first-order valence-corrected chi connectivity index (χ1v) is 13.3. The van der Waals surface area contributed by atoms with Crippen molar-refractivity contribution in [2.75, 3.05) is 7.11 Å². The number of aromatic amines is 1. The summed E-state index contributed by atoms with van der Waals surface area (Å²) in [4.78, 5) is 52.3. The van der Waals surface area contributed by atoms with Gasteiger partial charge in [0.1, 0.15) is 24.0 Å². The maximum Gasteiger partial charge on any atom is 0.407 e. The first-order valence-electron chi connectivity index (χ1n) is 13.3. The van der Waals surface area contributed by atoms with Crippen LogP contribution in [0.3, 0.4) is 0 Å². The Morgan fingerprint density at radius 1 is 1.09 bits per heavy atom. The highest BCUT2D eigenvalue weighted by atomic mass is 19.1. The van der Waals surface area contributed by atoms with Crippen molar-refractivity contribution in [1.82, 2.24) is 14.9 Å². The monoisotopic (exact) mass is 592 g/mol. The first-order chi connectivity index (χ1) is 20.6. The topological polar surface area (TPSA) is 146 Å². The fourth-order valence-corrected chi connectivity index (χ4v) is 4.50. The number of benzene rings is 2. The zero-order valence-corrected chi connectivity index (χ0v) is 23.3. The molecule has 1 atom stereocenters. The number of para-hydroxylation sites is 1. The molecule has 2 aromatic carbocycles. The molecule has 2 aromatic heterocycles. The highest BCUT2D eigenvalue weighted by molar-refractivity contribution is 5.89. The molecular weight excluding hydrogens is 562 g/mol. The minimum atomic E-state index is -0.950. The molecule has 224 valence electrons. The van der Waals surface area contributed by atoms with Gasteiger partial charge in [-0.1, -0.05) is 24.3 Å². The SMILES string of the molecule is COC(=O)N[C@@H](CC/C=C/C(N)=O)C(=O)Cc1cccn(Cc2cc3cccc(OCc4ccc(F)cc4F)c3[nH]2)c1=O. The van der Waals surface area contributed by atoms with Crippen molar-refractivity contribution >= 4 is 28.7 Å². The van der Waals surface area contributed by atoms with Gasteiger partial charge in [0.2, 0.25) is 5.91 Å². The Balaban J connectivity index is 1.48. The van der Waals surface area contributed by atoms with E-state index in [0.717, 1.165) is 17.5 Å². The second-order valence-electron chi connectivity index (χ2n) is 9.72. The number of carbonyl (C=O) groups is 3. The fourth-order valence-electron chi connectivity index (χ4n) is 4.50. The Morgan fingerprint density at radius 2 is 1.91 bits per heavy atom. The lowest BCUT2D eigenvalue weighted by Gasteiger charge is -2.16. The van der Waals surface area contributed by atoms with Crippen molar-refractivity contribution in [3.63, 3.8) is 0 Å². The Morgan fingerprint density at radius 3 is 2.65 bits per heavy atom. The molecule has 0 fully saturated rings. The molecular formula is C31H30F2N4O6.